The topological polar surface area (TPSA) is 134 Å². The van der Waals surface area contributed by atoms with Crippen molar-refractivity contribution >= 4 is 44.7 Å². The van der Waals surface area contributed by atoms with E-state index in [2.05, 4.69) is 5.48 Å². The number of nitrogens with zero attached hydrogens (tertiary/aromatic N) is 2. The molecule has 0 bridgehead atoms. The Kier molecular flexibility index (Phi) is 10.5. The van der Waals surface area contributed by atoms with Crippen LogP contribution in [0.25, 0.3) is 0 Å². The molecule has 236 valence electrons. The smallest absolute Gasteiger partial charge is 0.306 e. The van der Waals surface area contributed by atoms with Crippen molar-refractivity contribution in [1.82, 2.24) is 20.7 Å². The molecule has 2 aliphatic rings. The van der Waals surface area contributed by atoms with Gasteiger partial charge in [0.15, 0.2) is 0 Å². The first-order valence-corrected chi connectivity index (χ1v) is 16.2. The number of allylic oxidation sites excluding steroid dienone is 2. The van der Waals surface area contributed by atoms with Crippen molar-refractivity contribution in [2.24, 2.45) is 0 Å². The minimum Gasteiger partial charge on any atom is -0.382 e. The second-order valence-corrected chi connectivity index (χ2v) is 13.4. The van der Waals surface area contributed by atoms with Gasteiger partial charge in [-0.05, 0) is 51.1 Å². The van der Waals surface area contributed by atoms with E-state index in [1.807, 2.05) is 17.6 Å². The van der Waals surface area contributed by atoms with Gasteiger partial charge in [-0.15, -0.1) is 11.3 Å². The van der Waals surface area contributed by atoms with Crippen LogP contribution in [0.4, 0.5) is 17.6 Å². The first kappa shape index (κ1) is 33.3. The number of hydrogen-bond donors (Lipinski definition) is 3. The quantitative estimate of drug-likeness (QED) is 0.178. The lowest BCUT2D eigenvalue weighted by Crippen LogP contribution is -2.41. The minimum atomic E-state index is -3.80. The number of hydroxylamine groups is 1. The molecule has 0 saturated carbocycles. The van der Waals surface area contributed by atoms with Gasteiger partial charge in [0.2, 0.25) is 5.91 Å². The van der Waals surface area contributed by atoms with E-state index in [0.29, 0.717) is 42.9 Å². The van der Waals surface area contributed by atoms with E-state index in [1.165, 1.54) is 17.4 Å². The zero-order valence-electron chi connectivity index (χ0n) is 23.1. The maximum Gasteiger partial charge on any atom is 0.306 e. The van der Waals surface area contributed by atoms with Crippen LogP contribution in [0.3, 0.4) is 0 Å². The van der Waals surface area contributed by atoms with Crippen LogP contribution in [0.1, 0.15) is 54.5 Å². The summed E-state index contributed by atoms with van der Waals surface area (Å²) in [6.45, 7) is 2.69. The Morgan fingerprint density at radius 2 is 2.02 bits per heavy atom. The number of likely N-dealkylation sites (tertiary alicyclic amines) is 1. The summed E-state index contributed by atoms with van der Waals surface area (Å²) in [5.41, 5.74) is 1.10. The first-order chi connectivity index (χ1) is 20.1. The van der Waals surface area contributed by atoms with Gasteiger partial charge >= 0.3 is 10.1 Å². The summed E-state index contributed by atoms with van der Waals surface area (Å²) < 4.78 is 80.0. The highest BCUT2D eigenvalue weighted by Gasteiger charge is 2.42. The fourth-order valence-corrected chi connectivity index (χ4v) is 6.78. The number of carbonyl (C=O) groups is 1. The van der Waals surface area contributed by atoms with Crippen LogP contribution in [0, 0.1) is 5.41 Å². The standard InChI is InChI=1S/C26H30ClF4N5O5S2/c1-26(11-19(40-35-26)22-15(27)4-3-5-18(22)41-43(2,38)39)20-13-42-25(34-20)14-6-8-36(9-7-14)12-21(37)33-17(24(30)31)10-16(32)23(28)29/h3-5,10,13-14,19,23-24,32,35H,6-9,11-12H2,1-2H3,(H,33,37)/b17-10-,32-16?. The highest BCUT2D eigenvalue weighted by molar-refractivity contribution is 7.86. The Balaban J connectivity index is 1.35. The van der Waals surface area contributed by atoms with Crippen molar-refractivity contribution in [2.75, 3.05) is 25.9 Å². The summed E-state index contributed by atoms with van der Waals surface area (Å²) in [5, 5.41) is 12.1. The van der Waals surface area contributed by atoms with Crippen LogP contribution in [0.2, 0.25) is 5.02 Å². The Bertz CT molecular complexity index is 1480. The molecule has 43 heavy (non-hydrogen) atoms. The van der Waals surface area contributed by atoms with Crippen molar-refractivity contribution < 1.29 is 39.8 Å². The van der Waals surface area contributed by atoms with E-state index in [1.54, 1.807) is 17.0 Å². The zero-order valence-corrected chi connectivity index (χ0v) is 25.5. The molecule has 2 fully saturated rings. The van der Waals surface area contributed by atoms with E-state index >= 15 is 0 Å². The minimum absolute atomic E-state index is 0.0829. The molecule has 3 N–H and O–H groups in total. The maximum absolute atomic E-state index is 13.2. The van der Waals surface area contributed by atoms with Crippen LogP contribution in [0.5, 0.6) is 5.75 Å². The van der Waals surface area contributed by atoms with Crippen molar-refractivity contribution in [1.29, 1.82) is 5.41 Å². The highest BCUT2D eigenvalue weighted by Crippen LogP contribution is 2.45. The Labute approximate surface area is 255 Å². The summed E-state index contributed by atoms with van der Waals surface area (Å²) in [6, 6.07) is 4.71. The van der Waals surface area contributed by atoms with Crippen LogP contribution >= 0.6 is 22.9 Å². The van der Waals surface area contributed by atoms with Crippen LogP contribution in [-0.2, 0) is 25.3 Å². The second kappa shape index (κ2) is 13.6. The van der Waals surface area contributed by atoms with Gasteiger partial charge in [0.05, 0.1) is 45.5 Å². The second-order valence-electron chi connectivity index (χ2n) is 10.5. The third kappa shape index (κ3) is 8.51. The Morgan fingerprint density at radius 3 is 2.65 bits per heavy atom. The van der Waals surface area contributed by atoms with Gasteiger partial charge < -0.3 is 9.50 Å². The number of carbonyl (C=O) groups excluding carboxylic acids is 1. The third-order valence-electron chi connectivity index (χ3n) is 7.05. The van der Waals surface area contributed by atoms with Crippen LogP contribution < -0.4 is 15.0 Å². The van der Waals surface area contributed by atoms with E-state index in [9.17, 15) is 30.8 Å². The molecular weight excluding hydrogens is 638 g/mol. The van der Waals surface area contributed by atoms with Crippen molar-refractivity contribution in [2.45, 2.75) is 56.6 Å². The van der Waals surface area contributed by atoms with Crippen molar-refractivity contribution in [3.05, 3.63) is 56.6 Å². The molecule has 1 aromatic heterocycles. The molecule has 1 amide bonds. The Morgan fingerprint density at radius 1 is 1.33 bits per heavy atom. The Hall–Kier alpha value is -2.63. The summed E-state index contributed by atoms with van der Waals surface area (Å²) >= 11 is 7.88. The summed E-state index contributed by atoms with van der Waals surface area (Å²) in [5.74, 6) is -0.595. The van der Waals surface area contributed by atoms with Gasteiger partial charge in [0, 0.05) is 23.3 Å². The predicted molar refractivity (Wildman–Crippen MR) is 152 cm³/mol. The molecule has 2 aromatic rings. The lowest BCUT2D eigenvalue weighted by atomic mass is 9.90. The summed E-state index contributed by atoms with van der Waals surface area (Å²) in [7, 11) is -3.80. The molecule has 3 heterocycles. The van der Waals surface area contributed by atoms with Crippen LogP contribution in [0.15, 0.2) is 35.4 Å². The van der Waals surface area contributed by atoms with Gasteiger partial charge in [-0.2, -0.15) is 13.9 Å². The normalized spacial score (nSPS) is 22.3. The first-order valence-electron chi connectivity index (χ1n) is 13.1. The number of aromatic nitrogens is 1. The lowest BCUT2D eigenvalue weighted by Gasteiger charge is -2.30. The molecule has 2 unspecified atom stereocenters. The molecule has 1 aromatic carbocycles. The molecule has 0 aliphatic carbocycles. The number of benzene rings is 1. The van der Waals surface area contributed by atoms with E-state index in [-0.39, 0.29) is 24.3 Å². The average Bonchev–Trinajstić information content (AvgIpc) is 3.56. The molecule has 2 aliphatic heterocycles. The number of alkyl halides is 4. The van der Waals surface area contributed by atoms with E-state index < -0.39 is 51.9 Å². The van der Waals surface area contributed by atoms with Gasteiger partial charge in [-0.25, -0.2) is 22.5 Å². The number of halogens is 5. The lowest BCUT2D eigenvalue weighted by molar-refractivity contribution is -0.122. The number of piperidine rings is 1. The molecule has 4 rings (SSSR count). The molecule has 2 saturated heterocycles. The van der Waals surface area contributed by atoms with E-state index in [4.69, 9.17) is 31.0 Å². The number of amides is 1. The number of hydrogen-bond acceptors (Lipinski definition) is 10. The fraction of sp³-hybridized carbons (Fsp3) is 0.500. The molecule has 10 nitrogen and oxygen atoms in total. The molecule has 0 radical (unpaired) electrons. The van der Waals surface area contributed by atoms with Gasteiger partial charge in [-0.1, -0.05) is 17.7 Å². The number of rotatable bonds is 11. The largest absolute Gasteiger partial charge is 0.382 e. The van der Waals surface area contributed by atoms with Gasteiger partial charge in [0.1, 0.15) is 11.9 Å². The number of nitrogens with one attached hydrogen (secondary N) is 3. The average molecular weight is 668 g/mol. The summed E-state index contributed by atoms with van der Waals surface area (Å²) in [6.07, 6.45) is -4.13. The molecule has 17 heteroatoms. The SMILES string of the molecule is CC1(c2csc(C3CCN(CC(=O)N/C(=C\C(=N)C(F)F)C(F)F)CC3)n2)CC(c2c(Cl)cccc2OS(C)(=O)=O)ON1. The van der Waals surface area contributed by atoms with Crippen molar-refractivity contribution in [3.8, 4) is 5.75 Å². The number of thiazole rings is 1. The van der Waals surface area contributed by atoms with Gasteiger partial charge in [-0.3, -0.25) is 19.9 Å². The molecule has 2 atom stereocenters. The highest BCUT2D eigenvalue weighted by atomic mass is 35.5. The fourth-order valence-electron chi connectivity index (χ4n) is 4.89. The zero-order chi connectivity index (χ0) is 31.5. The molecule has 0 spiro atoms. The predicted octanol–water partition coefficient (Wildman–Crippen LogP) is 4.75. The van der Waals surface area contributed by atoms with Crippen LogP contribution in [-0.4, -0.2) is 68.7 Å². The maximum atomic E-state index is 13.2. The molecular formula is C26H30ClF4N5O5S2. The summed E-state index contributed by atoms with van der Waals surface area (Å²) in [4.78, 5) is 24.8. The van der Waals surface area contributed by atoms with E-state index in [0.717, 1.165) is 17.0 Å². The third-order valence-corrected chi connectivity index (χ3v) is 8.87. The van der Waals surface area contributed by atoms with Gasteiger partial charge in [0.25, 0.3) is 12.9 Å². The monoisotopic (exact) mass is 667 g/mol. The van der Waals surface area contributed by atoms with Crippen molar-refractivity contribution in [3.63, 3.8) is 0 Å².